The fourth-order valence-electron chi connectivity index (χ4n) is 2.90. The number of hydrogen-bond donors (Lipinski definition) is 1. The van der Waals surface area contributed by atoms with Crippen LogP contribution in [0.2, 0.25) is 0 Å². The molecule has 0 fully saturated rings. The van der Waals surface area contributed by atoms with Gasteiger partial charge in [-0.2, -0.15) is 0 Å². The molecule has 5 heteroatoms. The van der Waals surface area contributed by atoms with E-state index < -0.39 is 5.63 Å². The second-order valence-corrected chi connectivity index (χ2v) is 5.79. The van der Waals surface area contributed by atoms with E-state index in [1.54, 1.807) is 36.5 Å². The van der Waals surface area contributed by atoms with Gasteiger partial charge in [0.1, 0.15) is 5.58 Å². The molecule has 5 nitrogen and oxygen atoms in total. The molecule has 2 aromatic carbocycles. The maximum Gasteiger partial charge on any atom is 0.336 e. The highest BCUT2D eigenvalue weighted by Gasteiger charge is 2.11. The van der Waals surface area contributed by atoms with Crippen LogP contribution in [-0.2, 0) is 0 Å². The van der Waals surface area contributed by atoms with Gasteiger partial charge in [0.25, 0.3) is 5.91 Å². The zero-order valence-electron chi connectivity index (χ0n) is 13.4. The van der Waals surface area contributed by atoms with Crippen molar-refractivity contribution in [3.8, 4) is 0 Å². The summed E-state index contributed by atoms with van der Waals surface area (Å²) in [5.74, 6) is -0.243. The molecule has 4 aromatic rings. The Bertz CT molecular complexity index is 1170. The number of amides is 1. The average molecular weight is 330 g/mol. The molecule has 2 aromatic heterocycles. The molecule has 0 atom stereocenters. The zero-order chi connectivity index (χ0) is 17.4. The first-order valence-electron chi connectivity index (χ1n) is 7.81. The number of fused-ring (bicyclic) bond motifs is 2. The van der Waals surface area contributed by atoms with Crippen LogP contribution in [0.3, 0.4) is 0 Å². The van der Waals surface area contributed by atoms with Crippen molar-refractivity contribution in [2.75, 3.05) is 5.32 Å². The molecule has 2 heterocycles. The zero-order valence-corrected chi connectivity index (χ0v) is 13.4. The number of benzene rings is 2. The first kappa shape index (κ1) is 15.1. The standard InChI is InChI=1S/C20H14N2O3/c1-12-10-19(23)25-18-11-13(7-8-14(12)18)22-20(24)16-4-2-6-17-15(16)5-3-9-21-17/h2-11H,1H3,(H,22,24). The molecular weight excluding hydrogens is 316 g/mol. The first-order chi connectivity index (χ1) is 12.1. The fourth-order valence-corrected chi connectivity index (χ4v) is 2.90. The van der Waals surface area contributed by atoms with Crippen molar-refractivity contribution in [1.82, 2.24) is 4.98 Å². The minimum atomic E-state index is -0.409. The van der Waals surface area contributed by atoms with Crippen LogP contribution < -0.4 is 10.9 Å². The minimum Gasteiger partial charge on any atom is -0.423 e. The van der Waals surface area contributed by atoms with E-state index in [2.05, 4.69) is 10.3 Å². The van der Waals surface area contributed by atoms with Gasteiger partial charge in [-0.05, 0) is 42.8 Å². The Balaban J connectivity index is 1.73. The van der Waals surface area contributed by atoms with Gasteiger partial charge in [-0.1, -0.05) is 12.1 Å². The molecule has 0 unspecified atom stereocenters. The maximum atomic E-state index is 12.7. The molecule has 4 rings (SSSR count). The van der Waals surface area contributed by atoms with Crippen LogP contribution in [0.5, 0.6) is 0 Å². The Morgan fingerprint density at radius 3 is 2.80 bits per heavy atom. The molecule has 1 N–H and O–H groups in total. The highest BCUT2D eigenvalue weighted by Crippen LogP contribution is 2.22. The second-order valence-electron chi connectivity index (χ2n) is 5.79. The summed E-state index contributed by atoms with van der Waals surface area (Å²) in [6.45, 7) is 1.85. The summed E-state index contributed by atoms with van der Waals surface area (Å²) in [7, 11) is 0. The van der Waals surface area contributed by atoms with E-state index in [1.807, 2.05) is 25.1 Å². The maximum absolute atomic E-state index is 12.7. The van der Waals surface area contributed by atoms with Gasteiger partial charge in [-0.15, -0.1) is 0 Å². The van der Waals surface area contributed by atoms with E-state index in [4.69, 9.17) is 4.42 Å². The number of pyridine rings is 1. The first-order valence-corrected chi connectivity index (χ1v) is 7.81. The predicted octanol–water partition coefficient (Wildman–Crippen LogP) is 3.90. The molecule has 0 radical (unpaired) electrons. The molecule has 1 amide bonds. The topological polar surface area (TPSA) is 72.2 Å². The molecule has 0 aliphatic carbocycles. The Kier molecular flexibility index (Phi) is 3.54. The fraction of sp³-hybridized carbons (Fsp3) is 0.0500. The van der Waals surface area contributed by atoms with Gasteiger partial charge in [-0.25, -0.2) is 4.79 Å². The number of nitrogens with one attached hydrogen (secondary N) is 1. The van der Waals surface area contributed by atoms with E-state index in [0.717, 1.165) is 21.9 Å². The lowest BCUT2D eigenvalue weighted by Crippen LogP contribution is -2.12. The molecule has 0 aliphatic rings. The van der Waals surface area contributed by atoms with Crippen LogP contribution >= 0.6 is 0 Å². The van der Waals surface area contributed by atoms with Crippen molar-refractivity contribution in [2.45, 2.75) is 6.92 Å². The molecular formula is C20H14N2O3. The van der Waals surface area contributed by atoms with Crippen molar-refractivity contribution in [1.29, 1.82) is 0 Å². The average Bonchev–Trinajstić information content (AvgIpc) is 2.60. The largest absolute Gasteiger partial charge is 0.423 e. The third-order valence-corrected chi connectivity index (χ3v) is 4.10. The number of rotatable bonds is 2. The summed E-state index contributed by atoms with van der Waals surface area (Å²) < 4.78 is 5.22. The number of hydrogen-bond acceptors (Lipinski definition) is 4. The number of aryl methyl sites for hydroxylation is 1. The number of carbonyl (C=O) groups excluding carboxylic acids is 1. The number of anilines is 1. The van der Waals surface area contributed by atoms with Crippen molar-refractivity contribution in [2.24, 2.45) is 0 Å². The second kappa shape index (κ2) is 5.87. The van der Waals surface area contributed by atoms with Crippen molar-refractivity contribution in [3.63, 3.8) is 0 Å². The number of carbonyl (C=O) groups is 1. The van der Waals surface area contributed by atoms with Gasteiger partial charge >= 0.3 is 5.63 Å². The van der Waals surface area contributed by atoms with Gasteiger partial charge in [0.05, 0.1) is 5.52 Å². The summed E-state index contributed by atoms with van der Waals surface area (Å²) in [6.07, 6.45) is 1.69. The van der Waals surface area contributed by atoms with E-state index in [0.29, 0.717) is 16.8 Å². The molecule has 0 bridgehead atoms. The van der Waals surface area contributed by atoms with Gasteiger partial charge in [0.15, 0.2) is 0 Å². The van der Waals surface area contributed by atoms with Crippen molar-refractivity contribution < 1.29 is 9.21 Å². The lowest BCUT2D eigenvalue weighted by atomic mass is 10.1. The Morgan fingerprint density at radius 2 is 1.92 bits per heavy atom. The van der Waals surface area contributed by atoms with Crippen LogP contribution in [0.25, 0.3) is 21.9 Å². The summed E-state index contributed by atoms with van der Waals surface area (Å²) in [4.78, 5) is 28.5. The van der Waals surface area contributed by atoms with Gasteiger partial charge in [0.2, 0.25) is 0 Å². The van der Waals surface area contributed by atoms with Gasteiger partial charge in [-0.3, -0.25) is 9.78 Å². The monoisotopic (exact) mass is 330 g/mol. The smallest absolute Gasteiger partial charge is 0.336 e. The molecule has 122 valence electrons. The predicted molar refractivity (Wildman–Crippen MR) is 96.9 cm³/mol. The quantitative estimate of drug-likeness (QED) is 0.566. The third kappa shape index (κ3) is 2.76. The number of nitrogens with zero attached hydrogens (tertiary/aromatic N) is 1. The van der Waals surface area contributed by atoms with Crippen LogP contribution in [-0.4, -0.2) is 10.9 Å². The molecule has 0 saturated carbocycles. The third-order valence-electron chi connectivity index (χ3n) is 4.10. The van der Waals surface area contributed by atoms with Gasteiger partial charge in [0, 0.05) is 40.4 Å². The van der Waals surface area contributed by atoms with E-state index in [1.165, 1.54) is 6.07 Å². The summed E-state index contributed by atoms with van der Waals surface area (Å²) in [5.41, 5.74) is 2.74. The normalized spacial score (nSPS) is 10.9. The van der Waals surface area contributed by atoms with Crippen LogP contribution in [0.15, 0.2) is 70.0 Å². The Hall–Kier alpha value is -3.47. The molecule has 0 aliphatic heterocycles. The Morgan fingerprint density at radius 1 is 1.04 bits per heavy atom. The number of aromatic nitrogens is 1. The van der Waals surface area contributed by atoms with Crippen LogP contribution in [0, 0.1) is 6.92 Å². The summed E-state index contributed by atoms with van der Waals surface area (Å²) >= 11 is 0. The molecule has 25 heavy (non-hydrogen) atoms. The summed E-state index contributed by atoms with van der Waals surface area (Å²) in [6, 6.07) is 15.8. The SMILES string of the molecule is Cc1cc(=O)oc2cc(NC(=O)c3cccc4ncccc34)ccc12. The van der Waals surface area contributed by atoms with Crippen molar-refractivity contribution in [3.05, 3.63) is 82.3 Å². The lowest BCUT2D eigenvalue weighted by molar-refractivity contribution is 0.102. The highest BCUT2D eigenvalue weighted by atomic mass is 16.4. The Labute approximate surface area is 142 Å². The summed E-state index contributed by atoms with van der Waals surface area (Å²) in [5, 5.41) is 4.48. The van der Waals surface area contributed by atoms with Gasteiger partial charge < -0.3 is 9.73 Å². The van der Waals surface area contributed by atoms with E-state index in [-0.39, 0.29) is 5.91 Å². The minimum absolute atomic E-state index is 0.243. The van der Waals surface area contributed by atoms with Crippen molar-refractivity contribution >= 4 is 33.5 Å². The lowest BCUT2D eigenvalue weighted by Gasteiger charge is -2.09. The van der Waals surface area contributed by atoms with E-state index >= 15 is 0 Å². The molecule has 0 spiro atoms. The molecule has 0 saturated heterocycles. The van der Waals surface area contributed by atoms with Crippen LogP contribution in [0.4, 0.5) is 5.69 Å². The van der Waals surface area contributed by atoms with E-state index in [9.17, 15) is 9.59 Å². The highest BCUT2D eigenvalue weighted by molar-refractivity contribution is 6.12. The van der Waals surface area contributed by atoms with Crippen LogP contribution in [0.1, 0.15) is 15.9 Å².